The van der Waals surface area contributed by atoms with Crippen LogP contribution in [-0.2, 0) is 0 Å². The van der Waals surface area contributed by atoms with Gasteiger partial charge >= 0.3 is 6.36 Å². The van der Waals surface area contributed by atoms with Gasteiger partial charge in [-0.15, -0.1) is 13.2 Å². The molecule has 0 aliphatic carbocycles. The predicted molar refractivity (Wildman–Crippen MR) is 114 cm³/mol. The molecule has 2 aromatic carbocycles. The number of aliphatic hydroxyl groups is 1. The van der Waals surface area contributed by atoms with Crippen LogP contribution in [0.2, 0.25) is 10.0 Å². The predicted octanol–water partition coefficient (Wildman–Crippen LogP) is 5.89. The Bertz CT molecular complexity index is 1050. The minimum absolute atomic E-state index is 0.0211. The van der Waals surface area contributed by atoms with Crippen LogP contribution in [0.1, 0.15) is 6.42 Å². The van der Waals surface area contributed by atoms with Crippen LogP contribution in [-0.4, -0.2) is 34.6 Å². The molecule has 0 aliphatic rings. The van der Waals surface area contributed by atoms with Crippen molar-refractivity contribution < 1.29 is 23.0 Å². The molecule has 0 radical (unpaired) electrons. The molecule has 0 aliphatic heterocycles. The Balaban J connectivity index is 1.97. The Morgan fingerprint density at radius 1 is 1.03 bits per heavy atom. The highest BCUT2D eigenvalue weighted by molar-refractivity contribution is 6.43. The fourth-order valence-electron chi connectivity index (χ4n) is 2.61. The molecule has 3 aromatic rings. The zero-order valence-electron chi connectivity index (χ0n) is 15.9. The van der Waals surface area contributed by atoms with Crippen LogP contribution in [0.3, 0.4) is 0 Å². The van der Waals surface area contributed by atoms with Gasteiger partial charge in [0.25, 0.3) is 0 Å². The van der Waals surface area contributed by atoms with E-state index in [1.165, 1.54) is 18.2 Å². The molecule has 6 nitrogen and oxygen atoms in total. The highest BCUT2D eigenvalue weighted by Gasteiger charge is 2.31. The van der Waals surface area contributed by atoms with E-state index >= 15 is 0 Å². The normalized spacial score (nSPS) is 11.3. The lowest BCUT2D eigenvalue weighted by molar-refractivity contribution is -0.274. The molecule has 0 amide bonds. The first kappa shape index (κ1) is 22.9. The molecular weight excluding hydrogens is 456 g/mol. The maximum absolute atomic E-state index is 12.6. The fourth-order valence-corrected chi connectivity index (χ4v) is 2.96. The van der Waals surface area contributed by atoms with Crippen molar-refractivity contribution >= 4 is 40.7 Å². The van der Waals surface area contributed by atoms with Crippen LogP contribution in [0.15, 0.2) is 48.5 Å². The zero-order valence-corrected chi connectivity index (χ0v) is 17.4. The minimum atomic E-state index is -4.81. The molecule has 0 spiro atoms. The molecule has 0 atom stereocenters. The van der Waals surface area contributed by atoms with Gasteiger partial charge in [0.1, 0.15) is 11.6 Å². The zero-order chi connectivity index (χ0) is 22.4. The number of anilines is 3. The van der Waals surface area contributed by atoms with Crippen molar-refractivity contribution in [2.45, 2.75) is 12.8 Å². The van der Waals surface area contributed by atoms with Gasteiger partial charge in [-0.2, -0.15) is 4.98 Å². The Kier molecular flexibility index (Phi) is 7.42. The monoisotopic (exact) mass is 472 g/mol. The third-order valence-electron chi connectivity index (χ3n) is 3.92. The number of aliphatic hydroxyl groups excluding tert-OH is 1. The molecule has 0 bridgehead atoms. The molecule has 31 heavy (non-hydrogen) atoms. The lowest BCUT2D eigenvalue weighted by atomic mass is 10.1. The largest absolute Gasteiger partial charge is 0.573 e. The number of aromatic nitrogens is 2. The van der Waals surface area contributed by atoms with E-state index in [1.807, 2.05) is 0 Å². The summed E-state index contributed by atoms with van der Waals surface area (Å²) in [7, 11) is 0. The average molecular weight is 473 g/mol. The standard InChI is InChI=1S/C20H17Cl2F3N4O2/c21-14-6-2-7-15(18(14)22)27-17-11-16(28-19(29-17)26-8-3-9-30)12-4-1-5-13(10-12)31-20(23,24)25/h1-2,4-7,10-11,30H,3,8-9H2,(H2,26,27,28,29). The van der Waals surface area contributed by atoms with Crippen molar-refractivity contribution in [3.05, 3.63) is 58.6 Å². The molecular formula is C20H17Cl2F3N4O2. The summed E-state index contributed by atoms with van der Waals surface area (Å²) in [4.78, 5) is 8.71. The van der Waals surface area contributed by atoms with Crippen LogP contribution < -0.4 is 15.4 Å². The number of nitrogens with one attached hydrogen (secondary N) is 2. The summed E-state index contributed by atoms with van der Waals surface area (Å²) in [5.41, 5.74) is 1.22. The van der Waals surface area contributed by atoms with Gasteiger partial charge in [0.2, 0.25) is 5.95 Å². The van der Waals surface area contributed by atoms with Crippen molar-refractivity contribution in [1.82, 2.24) is 9.97 Å². The molecule has 3 rings (SSSR count). The maximum atomic E-state index is 12.6. The lowest BCUT2D eigenvalue weighted by Crippen LogP contribution is -2.17. The first-order chi connectivity index (χ1) is 14.7. The van der Waals surface area contributed by atoms with E-state index < -0.39 is 6.36 Å². The molecule has 164 valence electrons. The topological polar surface area (TPSA) is 79.3 Å². The molecule has 0 saturated heterocycles. The summed E-state index contributed by atoms with van der Waals surface area (Å²) >= 11 is 12.3. The minimum Gasteiger partial charge on any atom is -0.406 e. The third kappa shape index (κ3) is 6.61. The van der Waals surface area contributed by atoms with Crippen LogP contribution in [0.4, 0.5) is 30.6 Å². The van der Waals surface area contributed by atoms with Gasteiger partial charge in [0.05, 0.1) is 21.4 Å². The van der Waals surface area contributed by atoms with Crippen LogP contribution in [0, 0.1) is 0 Å². The smallest absolute Gasteiger partial charge is 0.406 e. The van der Waals surface area contributed by atoms with E-state index in [9.17, 15) is 13.2 Å². The number of benzene rings is 2. The van der Waals surface area contributed by atoms with Crippen molar-refractivity contribution in [2.75, 3.05) is 23.8 Å². The highest BCUT2D eigenvalue weighted by atomic mass is 35.5. The van der Waals surface area contributed by atoms with Crippen LogP contribution >= 0.6 is 23.2 Å². The first-order valence-electron chi connectivity index (χ1n) is 9.06. The second-order valence-corrected chi connectivity index (χ2v) is 7.05. The van der Waals surface area contributed by atoms with Gasteiger partial charge in [-0.25, -0.2) is 4.98 Å². The second-order valence-electron chi connectivity index (χ2n) is 6.27. The van der Waals surface area contributed by atoms with Crippen molar-refractivity contribution in [2.24, 2.45) is 0 Å². The Hall–Kier alpha value is -2.75. The van der Waals surface area contributed by atoms with Crippen LogP contribution in [0.5, 0.6) is 5.75 Å². The van der Waals surface area contributed by atoms with Crippen molar-refractivity contribution in [3.63, 3.8) is 0 Å². The van der Waals surface area contributed by atoms with Crippen LogP contribution in [0.25, 0.3) is 11.3 Å². The number of ether oxygens (including phenoxy) is 1. The fraction of sp³-hybridized carbons (Fsp3) is 0.200. The molecule has 0 fully saturated rings. The van der Waals surface area contributed by atoms with E-state index in [0.29, 0.717) is 45.8 Å². The van der Waals surface area contributed by atoms with E-state index in [1.54, 1.807) is 30.3 Å². The third-order valence-corrected chi connectivity index (χ3v) is 4.74. The van der Waals surface area contributed by atoms with Crippen molar-refractivity contribution in [1.29, 1.82) is 0 Å². The highest BCUT2D eigenvalue weighted by Crippen LogP contribution is 2.33. The second kappa shape index (κ2) is 10.0. The summed E-state index contributed by atoms with van der Waals surface area (Å²) in [6, 6.07) is 12.0. The van der Waals surface area contributed by atoms with Gasteiger partial charge in [-0.3, -0.25) is 0 Å². The molecule has 1 heterocycles. The first-order valence-corrected chi connectivity index (χ1v) is 9.82. The summed E-state index contributed by atoms with van der Waals surface area (Å²) < 4.78 is 41.7. The number of hydrogen-bond acceptors (Lipinski definition) is 6. The Morgan fingerprint density at radius 3 is 2.55 bits per heavy atom. The maximum Gasteiger partial charge on any atom is 0.573 e. The Labute approximate surface area is 186 Å². The van der Waals surface area contributed by atoms with Gasteiger partial charge < -0.3 is 20.5 Å². The van der Waals surface area contributed by atoms with E-state index in [2.05, 4.69) is 25.3 Å². The number of rotatable bonds is 8. The summed E-state index contributed by atoms with van der Waals surface area (Å²) in [6.45, 7) is 0.376. The molecule has 0 unspecified atom stereocenters. The SMILES string of the molecule is OCCCNc1nc(Nc2cccc(Cl)c2Cl)cc(-c2cccc(OC(F)(F)F)c2)n1. The molecule has 3 N–H and O–H groups in total. The summed E-state index contributed by atoms with van der Waals surface area (Å²) in [5.74, 6) is 0.183. The van der Waals surface area contributed by atoms with Crippen molar-refractivity contribution in [3.8, 4) is 17.0 Å². The van der Waals surface area contributed by atoms with Gasteiger partial charge in [0.15, 0.2) is 0 Å². The number of nitrogens with zero attached hydrogens (tertiary/aromatic N) is 2. The summed E-state index contributed by atoms with van der Waals surface area (Å²) in [5, 5.41) is 15.6. The van der Waals surface area contributed by atoms with Gasteiger partial charge in [0, 0.05) is 24.8 Å². The molecule has 1 aromatic heterocycles. The Morgan fingerprint density at radius 2 is 1.81 bits per heavy atom. The quantitative estimate of drug-likeness (QED) is 0.355. The van der Waals surface area contributed by atoms with E-state index in [4.69, 9.17) is 28.3 Å². The van der Waals surface area contributed by atoms with Gasteiger partial charge in [-0.05, 0) is 30.7 Å². The van der Waals surface area contributed by atoms with E-state index in [-0.39, 0.29) is 18.3 Å². The lowest BCUT2D eigenvalue weighted by Gasteiger charge is -2.13. The summed E-state index contributed by atoms with van der Waals surface area (Å²) in [6.07, 6.45) is -4.34. The number of halogens is 5. The number of hydrogen-bond donors (Lipinski definition) is 3. The molecule has 0 saturated carbocycles. The van der Waals surface area contributed by atoms with Gasteiger partial charge in [-0.1, -0.05) is 41.4 Å². The average Bonchev–Trinajstić information content (AvgIpc) is 2.70. The number of alkyl halides is 3. The molecule has 11 heteroatoms. The van der Waals surface area contributed by atoms with E-state index in [0.717, 1.165) is 0 Å².